The van der Waals surface area contributed by atoms with Crippen molar-refractivity contribution >= 4 is 6.09 Å². The molecule has 0 radical (unpaired) electrons. The second-order valence-electron chi connectivity index (χ2n) is 2.83. The molecule has 1 fully saturated rings. The van der Waals surface area contributed by atoms with E-state index in [0.717, 1.165) is 0 Å². The fourth-order valence-electron chi connectivity index (χ4n) is 1.32. The van der Waals surface area contributed by atoms with E-state index in [2.05, 4.69) is 5.32 Å². The fourth-order valence-corrected chi connectivity index (χ4v) is 1.32. The highest BCUT2D eigenvalue weighted by atomic mass is 16.6. The Morgan fingerprint density at radius 3 is 2.85 bits per heavy atom. The molecule has 0 aliphatic carbocycles. The van der Waals surface area contributed by atoms with Gasteiger partial charge in [-0.2, -0.15) is 0 Å². The van der Waals surface area contributed by atoms with Gasteiger partial charge >= 0.3 is 6.09 Å². The number of aromatic hydroxyl groups is 1. The van der Waals surface area contributed by atoms with E-state index >= 15 is 0 Å². The Bertz CT molecular complexity index is 337. The Kier molecular flexibility index (Phi) is 1.81. The Labute approximate surface area is 75.1 Å². The third-order valence-corrected chi connectivity index (χ3v) is 1.96. The maximum absolute atomic E-state index is 10.7. The van der Waals surface area contributed by atoms with Crippen molar-refractivity contribution in [2.24, 2.45) is 0 Å². The lowest BCUT2D eigenvalue weighted by atomic mass is 10.1. The van der Waals surface area contributed by atoms with Crippen molar-refractivity contribution in [3.8, 4) is 5.75 Å². The van der Waals surface area contributed by atoms with Gasteiger partial charge in [-0.15, -0.1) is 0 Å². The van der Waals surface area contributed by atoms with Crippen LogP contribution in [-0.4, -0.2) is 17.7 Å². The van der Waals surface area contributed by atoms with Crippen LogP contribution in [0.15, 0.2) is 24.3 Å². The topological polar surface area (TPSA) is 58.6 Å². The van der Waals surface area contributed by atoms with Gasteiger partial charge in [-0.05, 0) is 6.07 Å². The van der Waals surface area contributed by atoms with E-state index in [1.54, 1.807) is 24.3 Å². The summed E-state index contributed by atoms with van der Waals surface area (Å²) in [5, 5.41) is 12.0. The number of hydrogen-bond acceptors (Lipinski definition) is 3. The quantitative estimate of drug-likeness (QED) is 0.680. The van der Waals surface area contributed by atoms with Crippen molar-refractivity contribution in [1.82, 2.24) is 5.32 Å². The molecule has 13 heavy (non-hydrogen) atoms. The van der Waals surface area contributed by atoms with Gasteiger partial charge in [0.25, 0.3) is 0 Å². The van der Waals surface area contributed by atoms with E-state index in [1.807, 2.05) is 0 Å². The number of phenols is 1. The highest BCUT2D eigenvalue weighted by Crippen LogP contribution is 2.27. The van der Waals surface area contributed by atoms with E-state index in [1.165, 1.54) is 0 Å². The summed E-state index contributed by atoms with van der Waals surface area (Å²) in [5.74, 6) is 0.156. The molecule has 1 aromatic carbocycles. The van der Waals surface area contributed by atoms with Crippen LogP contribution in [0.25, 0.3) is 0 Å². The summed E-state index contributed by atoms with van der Waals surface area (Å²) in [4.78, 5) is 10.7. The minimum atomic E-state index is -0.437. The number of para-hydroxylation sites is 1. The second kappa shape index (κ2) is 2.97. The van der Waals surface area contributed by atoms with Crippen molar-refractivity contribution < 1.29 is 14.6 Å². The molecule has 1 atom stereocenters. The lowest BCUT2D eigenvalue weighted by Crippen LogP contribution is -2.12. The van der Waals surface area contributed by atoms with E-state index < -0.39 is 6.09 Å². The van der Waals surface area contributed by atoms with Gasteiger partial charge in [0, 0.05) is 5.56 Å². The molecule has 1 aliphatic rings. The molecule has 0 saturated carbocycles. The molecule has 1 saturated heterocycles. The number of hydrogen-bond donors (Lipinski definition) is 2. The maximum Gasteiger partial charge on any atom is 0.407 e. The van der Waals surface area contributed by atoms with E-state index in [9.17, 15) is 9.90 Å². The summed E-state index contributed by atoms with van der Waals surface area (Å²) in [6.45, 7) is 0.413. The molecular weight excluding hydrogens is 170 g/mol. The molecule has 0 aromatic heterocycles. The van der Waals surface area contributed by atoms with Crippen LogP contribution in [-0.2, 0) is 4.74 Å². The molecule has 2 rings (SSSR count). The smallest absolute Gasteiger partial charge is 0.407 e. The Hall–Kier alpha value is -1.71. The average molecular weight is 179 g/mol. The summed E-state index contributed by atoms with van der Waals surface area (Å²) in [6.07, 6.45) is -0.804. The zero-order valence-electron chi connectivity index (χ0n) is 6.86. The van der Waals surface area contributed by atoms with Gasteiger partial charge in [0.15, 0.2) is 0 Å². The van der Waals surface area contributed by atoms with E-state index in [0.29, 0.717) is 12.1 Å². The third-order valence-electron chi connectivity index (χ3n) is 1.96. The van der Waals surface area contributed by atoms with E-state index in [-0.39, 0.29) is 11.9 Å². The summed E-state index contributed by atoms with van der Waals surface area (Å²) in [7, 11) is 0. The van der Waals surface area contributed by atoms with Crippen LogP contribution in [0.5, 0.6) is 5.75 Å². The van der Waals surface area contributed by atoms with Crippen LogP contribution >= 0.6 is 0 Å². The molecule has 1 heterocycles. The monoisotopic (exact) mass is 179 g/mol. The highest BCUT2D eigenvalue weighted by molar-refractivity contribution is 5.69. The van der Waals surface area contributed by atoms with Gasteiger partial charge < -0.3 is 15.2 Å². The molecule has 0 bridgehead atoms. The first-order valence-corrected chi connectivity index (χ1v) is 4.00. The summed E-state index contributed by atoms with van der Waals surface area (Å²) in [6, 6.07) is 6.83. The summed E-state index contributed by atoms with van der Waals surface area (Å²) in [5.41, 5.74) is 0.640. The third kappa shape index (κ3) is 1.42. The maximum atomic E-state index is 10.7. The number of rotatable bonds is 1. The van der Waals surface area contributed by atoms with Gasteiger partial charge in [-0.3, -0.25) is 0 Å². The van der Waals surface area contributed by atoms with Gasteiger partial charge in [0.05, 0.1) is 6.54 Å². The lowest BCUT2D eigenvalue weighted by Gasteiger charge is -2.08. The minimum absolute atomic E-state index is 0.156. The Morgan fingerprint density at radius 2 is 2.23 bits per heavy atom. The number of amides is 1. The van der Waals surface area contributed by atoms with Crippen LogP contribution in [0.1, 0.15) is 11.7 Å². The number of cyclic esters (lactones) is 1. The van der Waals surface area contributed by atoms with Crippen molar-refractivity contribution in [1.29, 1.82) is 0 Å². The van der Waals surface area contributed by atoms with Gasteiger partial charge in [0.1, 0.15) is 11.9 Å². The molecule has 68 valence electrons. The normalized spacial score (nSPS) is 20.9. The molecule has 2 N–H and O–H groups in total. The Balaban J connectivity index is 2.26. The largest absolute Gasteiger partial charge is 0.508 e. The first kappa shape index (κ1) is 7.91. The van der Waals surface area contributed by atoms with Crippen LogP contribution in [0.3, 0.4) is 0 Å². The van der Waals surface area contributed by atoms with Crippen molar-refractivity contribution in [3.63, 3.8) is 0 Å². The average Bonchev–Trinajstić information content (AvgIpc) is 2.53. The van der Waals surface area contributed by atoms with Crippen LogP contribution in [0.2, 0.25) is 0 Å². The number of carbonyl (C=O) groups is 1. The predicted molar refractivity (Wildman–Crippen MR) is 45.3 cm³/mol. The van der Waals surface area contributed by atoms with Gasteiger partial charge in [0.2, 0.25) is 0 Å². The van der Waals surface area contributed by atoms with Crippen molar-refractivity contribution in [2.75, 3.05) is 6.54 Å². The van der Waals surface area contributed by atoms with Crippen LogP contribution in [0, 0.1) is 0 Å². The number of nitrogens with one attached hydrogen (secondary N) is 1. The van der Waals surface area contributed by atoms with Crippen molar-refractivity contribution in [2.45, 2.75) is 6.10 Å². The van der Waals surface area contributed by atoms with Crippen LogP contribution < -0.4 is 5.32 Å². The van der Waals surface area contributed by atoms with E-state index in [4.69, 9.17) is 4.74 Å². The lowest BCUT2D eigenvalue weighted by molar-refractivity contribution is 0.139. The fraction of sp³-hybridized carbons (Fsp3) is 0.222. The number of phenolic OH excluding ortho intramolecular Hbond substituents is 1. The molecule has 1 aliphatic heterocycles. The second-order valence-corrected chi connectivity index (χ2v) is 2.83. The SMILES string of the molecule is O=C1NCC(c2ccccc2O)O1. The standard InChI is InChI=1S/C9H9NO3/c11-7-4-2-1-3-6(7)8-5-10-9(12)13-8/h1-4,8,11H,5H2,(H,10,12). The predicted octanol–water partition coefficient (Wildman–Crippen LogP) is 1.17. The minimum Gasteiger partial charge on any atom is -0.508 e. The highest BCUT2D eigenvalue weighted by Gasteiger charge is 2.25. The number of benzene rings is 1. The summed E-state index contributed by atoms with van der Waals surface area (Å²) < 4.78 is 4.92. The van der Waals surface area contributed by atoms with Gasteiger partial charge in [-0.25, -0.2) is 4.79 Å². The number of ether oxygens (including phenoxy) is 1. The molecule has 1 unspecified atom stereocenters. The van der Waals surface area contributed by atoms with Crippen LogP contribution in [0.4, 0.5) is 4.79 Å². The number of carbonyl (C=O) groups excluding carboxylic acids is 1. The number of alkyl carbamates (subject to hydrolysis) is 1. The zero-order chi connectivity index (χ0) is 9.26. The van der Waals surface area contributed by atoms with Gasteiger partial charge in [-0.1, -0.05) is 18.2 Å². The Morgan fingerprint density at radius 1 is 1.46 bits per heavy atom. The molecule has 4 heteroatoms. The molecule has 0 spiro atoms. The molecule has 1 aromatic rings. The zero-order valence-corrected chi connectivity index (χ0v) is 6.86. The molecule has 1 amide bonds. The molecule has 4 nitrogen and oxygen atoms in total. The first-order valence-electron chi connectivity index (χ1n) is 4.00. The first-order chi connectivity index (χ1) is 6.27. The summed E-state index contributed by atoms with van der Waals surface area (Å²) >= 11 is 0. The van der Waals surface area contributed by atoms with Crippen molar-refractivity contribution in [3.05, 3.63) is 29.8 Å². The molecular formula is C9H9NO3.